The Morgan fingerprint density at radius 2 is 2.04 bits per heavy atom. The minimum absolute atomic E-state index is 0.172. The standard InChI is InChI=1S/C18H16Cl2N2O3/c1-2-25-18(24)12-5-6-15-11(8-12)4-3-7-22(15)17(23)14-9-13(19)10-16(20)21-14/h5-6,8-10H,2-4,7H2,1H3. The van der Waals surface area contributed by atoms with Gasteiger partial charge in [0, 0.05) is 17.3 Å². The van der Waals surface area contributed by atoms with Gasteiger partial charge in [-0.2, -0.15) is 0 Å². The van der Waals surface area contributed by atoms with Crippen molar-refractivity contribution in [2.24, 2.45) is 0 Å². The summed E-state index contributed by atoms with van der Waals surface area (Å²) in [5, 5.41) is 0.531. The Kier molecular flexibility index (Phi) is 5.25. The average molecular weight is 379 g/mol. The molecule has 130 valence electrons. The van der Waals surface area contributed by atoms with E-state index in [4.69, 9.17) is 27.9 Å². The number of amides is 1. The monoisotopic (exact) mass is 378 g/mol. The number of anilines is 1. The maximum atomic E-state index is 12.8. The van der Waals surface area contributed by atoms with E-state index in [9.17, 15) is 9.59 Å². The summed E-state index contributed by atoms with van der Waals surface area (Å²) in [7, 11) is 0. The quantitative estimate of drug-likeness (QED) is 0.594. The number of esters is 1. The minimum atomic E-state index is -0.364. The fourth-order valence-electron chi connectivity index (χ4n) is 2.86. The summed E-state index contributed by atoms with van der Waals surface area (Å²) < 4.78 is 5.03. The smallest absolute Gasteiger partial charge is 0.338 e. The van der Waals surface area contributed by atoms with Crippen LogP contribution in [0.25, 0.3) is 0 Å². The van der Waals surface area contributed by atoms with Crippen LogP contribution in [0, 0.1) is 0 Å². The third-order valence-corrected chi connectivity index (χ3v) is 4.34. The van der Waals surface area contributed by atoms with E-state index in [0.29, 0.717) is 23.7 Å². The number of aromatic nitrogens is 1. The van der Waals surface area contributed by atoms with E-state index in [0.717, 1.165) is 24.1 Å². The predicted molar refractivity (Wildman–Crippen MR) is 96.7 cm³/mol. The SMILES string of the molecule is CCOC(=O)c1ccc2c(c1)CCCN2C(=O)c1cc(Cl)cc(Cl)n1. The molecule has 0 atom stereocenters. The van der Waals surface area contributed by atoms with Crippen LogP contribution < -0.4 is 4.90 Å². The Labute approximate surface area is 155 Å². The van der Waals surface area contributed by atoms with Crippen LogP contribution in [0.5, 0.6) is 0 Å². The molecule has 1 amide bonds. The van der Waals surface area contributed by atoms with Gasteiger partial charge in [0.2, 0.25) is 0 Å². The molecule has 0 unspecified atom stereocenters. The highest BCUT2D eigenvalue weighted by atomic mass is 35.5. The van der Waals surface area contributed by atoms with Gasteiger partial charge in [-0.05, 0) is 55.7 Å². The molecular weight excluding hydrogens is 363 g/mol. The van der Waals surface area contributed by atoms with Gasteiger partial charge in [-0.25, -0.2) is 9.78 Å². The van der Waals surface area contributed by atoms with Crippen molar-refractivity contribution in [3.05, 3.63) is 57.3 Å². The molecule has 0 N–H and O–H groups in total. The number of rotatable bonds is 3. The van der Waals surface area contributed by atoms with Crippen LogP contribution >= 0.6 is 23.2 Å². The molecule has 2 aromatic rings. The van der Waals surface area contributed by atoms with E-state index in [1.165, 1.54) is 12.1 Å². The van der Waals surface area contributed by atoms with Crippen molar-refractivity contribution in [1.29, 1.82) is 0 Å². The molecule has 1 aliphatic rings. The van der Waals surface area contributed by atoms with E-state index in [1.54, 1.807) is 30.0 Å². The van der Waals surface area contributed by atoms with Gasteiger partial charge in [-0.1, -0.05) is 23.2 Å². The van der Waals surface area contributed by atoms with Crippen molar-refractivity contribution in [2.75, 3.05) is 18.1 Å². The van der Waals surface area contributed by atoms with Gasteiger partial charge in [0.25, 0.3) is 5.91 Å². The number of benzene rings is 1. The fourth-order valence-corrected chi connectivity index (χ4v) is 3.33. The molecule has 0 fully saturated rings. The van der Waals surface area contributed by atoms with Crippen molar-refractivity contribution in [2.45, 2.75) is 19.8 Å². The molecule has 2 heterocycles. The summed E-state index contributed by atoms with van der Waals surface area (Å²) in [4.78, 5) is 30.5. The van der Waals surface area contributed by atoms with E-state index >= 15 is 0 Å². The first kappa shape index (κ1) is 17.7. The number of carbonyl (C=O) groups excluding carboxylic acids is 2. The zero-order chi connectivity index (χ0) is 18.0. The van der Waals surface area contributed by atoms with E-state index in [-0.39, 0.29) is 22.7 Å². The first-order chi connectivity index (χ1) is 12.0. The Balaban J connectivity index is 1.93. The van der Waals surface area contributed by atoms with Crippen LogP contribution in [0.1, 0.15) is 39.8 Å². The highest BCUT2D eigenvalue weighted by molar-refractivity contribution is 6.34. The average Bonchev–Trinajstić information content (AvgIpc) is 2.59. The zero-order valence-corrected chi connectivity index (χ0v) is 15.1. The first-order valence-corrected chi connectivity index (χ1v) is 8.70. The highest BCUT2D eigenvalue weighted by Gasteiger charge is 2.26. The number of carbonyl (C=O) groups is 2. The lowest BCUT2D eigenvalue weighted by Crippen LogP contribution is -2.36. The molecule has 1 aromatic carbocycles. The second kappa shape index (κ2) is 7.42. The summed E-state index contributed by atoms with van der Waals surface area (Å²) in [5.41, 5.74) is 2.37. The Bertz CT molecular complexity index is 819. The Morgan fingerprint density at radius 3 is 2.76 bits per heavy atom. The molecule has 0 saturated carbocycles. The maximum absolute atomic E-state index is 12.8. The lowest BCUT2D eigenvalue weighted by molar-refractivity contribution is 0.0526. The Hall–Kier alpha value is -2.11. The normalized spacial score (nSPS) is 13.3. The molecule has 0 spiro atoms. The minimum Gasteiger partial charge on any atom is -0.462 e. The summed E-state index contributed by atoms with van der Waals surface area (Å²) in [6.07, 6.45) is 1.58. The third kappa shape index (κ3) is 3.78. The molecule has 1 aromatic heterocycles. The summed E-state index contributed by atoms with van der Waals surface area (Å²) in [5.74, 6) is -0.633. The van der Waals surface area contributed by atoms with Crippen molar-refractivity contribution in [3.8, 4) is 0 Å². The van der Waals surface area contributed by atoms with Gasteiger partial charge < -0.3 is 9.64 Å². The van der Waals surface area contributed by atoms with Crippen LogP contribution in [-0.2, 0) is 11.2 Å². The van der Waals surface area contributed by atoms with Gasteiger partial charge >= 0.3 is 5.97 Å². The van der Waals surface area contributed by atoms with E-state index < -0.39 is 0 Å². The van der Waals surface area contributed by atoms with Crippen molar-refractivity contribution >= 4 is 40.8 Å². The topological polar surface area (TPSA) is 59.5 Å². The lowest BCUT2D eigenvalue weighted by atomic mass is 9.99. The number of nitrogens with zero attached hydrogens (tertiary/aromatic N) is 2. The molecule has 0 saturated heterocycles. The molecule has 0 bridgehead atoms. The molecule has 5 nitrogen and oxygen atoms in total. The van der Waals surface area contributed by atoms with Crippen LogP contribution in [0.2, 0.25) is 10.2 Å². The van der Waals surface area contributed by atoms with Gasteiger partial charge in [0.05, 0.1) is 12.2 Å². The maximum Gasteiger partial charge on any atom is 0.338 e. The van der Waals surface area contributed by atoms with E-state index in [1.807, 2.05) is 0 Å². The highest BCUT2D eigenvalue weighted by Crippen LogP contribution is 2.30. The second-order valence-electron chi connectivity index (χ2n) is 5.62. The fraction of sp³-hybridized carbons (Fsp3) is 0.278. The van der Waals surface area contributed by atoms with Crippen LogP contribution in [0.3, 0.4) is 0 Å². The second-order valence-corrected chi connectivity index (χ2v) is 6.44. The number of ether oxygens (including phenoxy) is 1. The molecular formula is C18H16Cl2N2O3. The van der Waals surface area contributed by atoms with E-state index in [2.05, 4.69) is 4.98 Å². The molecule has 7 heteroatoms. The van der Waals surface area contributed by atoms with Gasteiger partial charge in [0.15, 0.2) is 0 Å². The molecule has 0 aliphatic carbocycles. The van der Waals surface area contributed by atoms with Gasteiger partial charge in [-0.15, -0.1) is 0 Å². The number of hydrogen-bond donors (Lipinski definition) is 0. The van der Waals surface area contributed by atoms with Crippen LogP contribution in [0.4, 0.5) is 5.69 Å². The van der Waals surface area contributed by atoms with Crippen LogP contribution in [-0.4, -0.2) is 30.0 Å². The van der Waals surface area contributed by atoms with Crippen molar-refractivity contribution in [3.63, 3.8) is 0 Å². The Morgan fingerprint density at radius 1 is 1.24 bits per heavy atom. The number of pyridine rings is 1. The number of fused-ring (bicyclic) bond motifs is 1. The largest absolute Gasteiger partial charge is 0.462 e. The summed E-state index contributed by atoms with van der Waals surface area (Å²) >= 11 is 11.9. The molecule has 0 radical (unpaired) electrons. The number of hydrogen-bond acceptors (Lipinski definition) is 4. The molecule has 1 aliphatic heterocycles. The third-order valence-electron chi connectivity index (χ3n) is 3.93. The first-order valence-electron chi connectivity index (χ1n) is 7.94. The van der Waals surface area contributed by atoms with Crippen molar-refractivity contribution in [1.82, 2.24) is 4.98 Å². The lowest BCUT2D eigenvalue weighted by Gasteiger charge is -2.29. The van der Waals surface area contributed by atoms with Gasteiger partial charge in [0.1, 0.15) is 10.8 Å². The molecule has 3 rings (SSSR count). The summed E-state index contributed by atoms with van der Waals surface area (Å²) in [6, 6.07) is 8.20. The zero-order valence-electron chi connectivity index (χ0n) is 13.6. The number of halogens is 2. The predicted octanol–water partition coefficient (Wildman–Crippen LogP) is 4.16. The van der Waals surface area contributed by atoms with Crippen LogP contribution in [0.15, 0.2) is 30.3 Å². The van der Waals surface area contributed by atoms with Gasteiger partial charge in [-0.3, -0.25) is 4.79 Å². The number of aryl methyl sites for hydroxylation is 1. The van der Waals surface area contributed by atoms with Crippen molar-refractivity contribution < 1.29 is 14.3 Å². The molecule has 25 heavy (non-hydrogen) atoms. The summed E-state index contributed by atoms with van der Waals surface area (Å²) in [6.45, 7) is 2.65.